The summed E-state index contributed by atoms with van der Waals surface area (Å²) in [5.74, 6) is -0.0716. The molecule has 4 N–H and O–H groups in total. The van der Waals surface area contributed by atoms with Crippen LogP contribution in [-0.2, 0) is 0 Å². The number of allylic oxidation sites excluding steroid dienone is 1. The summed E-state index contributed by atoms with van der Waals surface area (Å²) in [5.41, 5.74) is 13.4. The van der Waals surface area contributed by atoms with E-state index in [9.17, 15) is 0 Å². The second-order valence-corrected chi connectivity index (χ2v) is 5.18. The van der Waals surface area contributed by atoms with Crippen LogP contribution < -0.4 is 11.5 Å². The summed E-state index contributed by atoms with van der Waals surface area (Å²) in [6.07, 6.45) is 3.84. The van der Waals surface area contributed by atoms with E-state index in [2.05, 4.69) is 26.1 Å². The summed E-state index contributed by atoms with van der Waals surface area (Å²) in [5, 5.41) is 7.82. The van der Waals surface area contributed by atoms with Crippen LogP contribution in [0.1, 0.15) is 11.1 Å². The van der Waals surface area contributed by atoms with Gasteiger partial charge in [0.15, 0.2) is 0 Å². The van der Waals surface area contributed by atoms with E-state index in [-0.39, 0.29) is 5.96 Å². The number of nitrogens with two attached hydrogens (primary N) is 2. The molecular formula is C16H15BrN4. The first-order valence-electron chi connectivity index (χ1n) is 6.31. The van der Waals surface area contributed by atoms with E-state index < -0.39 is 0 Å². The van der Waals surface area contributed by atoms with Crippen molar-refractivity contribution in [1.29, 1.82) is 0 Å². The summed E-state index contributed by atoms with van der Waals surface area (Å²) >= 11 is 3.41. The van der Waals surface area contributed by atoms with Gasteiger partial charge in [0.25, 0.3) is 0 Å². The van der Waals surface area contributed by atoms with Crippen LogP contribution in [0.15, 0.2) is 75.3 Å². The second kappa shape index (κ2) is 7.40. The van der Waals surface area contributed by atoms with Gasteiger partial charge >= 0.3 is 0 Å². The van der Waals surface area contributed by atoms with E-state index in [0.29, 0.717) is 5.71 Å². The predicted molar refractivity (Wildman–Crippen MR) is 92.0 cm³/mol. The van der Waals surface area contributed by atoms with E-state index in [4.69, 9.17) is 11.5 Å². The first-order chi connectivity index (χ1) is 10.1. The maximum absolute atomic E-state index is 5.34. The highest BCUT2D eigenvalue weighted by Gasteiger charge is 2.00. The molecule has 2 aromatic rings. The fraction of sp³-hybridized carbons (Fsp3) is 0. The number of guanidine groups is 1. The zero-order valence-corrected chi connectivity index (χ0v) is 12.9. The molecule has 0 saturated heterocycles. The van der Waals surface area contributed by atoms with E-state index >= 15 is 0 Å². The average molecular weight is 343 g/mol. The molecule has 0 unspecified atom stereocenters. The standard InChI is InChI=1S/C16H15BrN4/c17-14-9-7-13(8-10-14)15(20-21-16(18)19)11-6-12-4-2-1-3-5-12/h1-11H,(H4,18,19,21)/b11-6+,20-15-. The maximum atomic E-state index is 5.34. The molecule has 0 radical (unpaired) electrons. The van der Waals surface area contributed by atoms with Gasteiger partial charge in [0.2, 0.25) is 5.96 Å². The molecule has 2 aromatic carbocycles. The summed E-state index contributed by atoms with van der Waals surface area (Å²) in [6.45, 7) is 0. The van der Waals surface area contributed by atoms with Crippen molar-refractivity contribution < 1.29 is 0 Å². The quantitative estimate of drug-likeness (QED) is 0.508. The van der Waals surface area contributed by atoms with Crippen LogP contribution >= 0.6 is 15.9 Å². The summed E-state index contributed by atoms with van der Waals surface area (Å²) in [7, 11) is 0. The molecule has 0 saturated carbocycles. The van der Waals surface area contributed by atoms with Crippen molar-refractivity contribution >= 4 is 33.7 Å². The van der Waals surface area contributed by atoms with Crippen LogP contribution in [0.4, 0.5) is 0 Å². The largest absolute Gasteiger partial charge is 0.369 e. The van der Waals surface area contributed by atoms with Crippen molar-refractivity contribution in [3.05, 3.63) is 76.3 Å². The Morgan fingerprint density at radius 1 is 0.905 bits per heavy atom. The molecule has 0 heterocycles. The Morgan fingerprint density at radius 3 is 2.19 bits per heavy atom. The highest BCUT2D eigenvalue weighted by molar-refractivity contribution is 9.10. The lowest BCUT2D eigenvalue weighted by molar-refractivity contribution is 1.20. The summed E-state index contributed by atoms with van der Waals surface area (Å²) in [6, 6.07) is 17.7. The molecule has 0 aliphatic heterocycles. The fourth-order valence-corrected chi connectivity index (χ4v) is 1.92. The molecule has 0 atom stereocenters. The number of halogens is 1. The molecule has 5 heteroatoms. The molecule has 2 rings (SSSR count). The predicted octanol–water partition coefficient (Wildman–Crippen LogP) is 3.14. The third-order valence-corrected chi connectivity index (χ3v) is 3.18. The first-order valence-corrected chi connectivity index (χ1v) is 7.10. The molecular weight excluding hydrogens is 328 g/mol. The Bertz CT molecular complexity index is 669. The minimum Gasteiger partial charge on any atom is -0.369 e. The minimum atomic E-state index is -0.0716. The van der Waals surface area contributed by atoms with E-state index in [1.165, 1.54) is 0 Å². The van der Waals surface area contributed by atoms with E-state index in [1.807, 2.05) is 66.7 Å². The fourth-order valence-electron chi connectivity index (χ4n) is 1.66. The maximum Gasteiger partial charge on any atom is 0.211 e. The van der Waals surface area contributed by atoms with Gasteiger partial charge in [-0.2, -0.15) is 0 Å². The molecule has 0 spiro atoms. The van der Waals surface area contributed by atoms with E-state index in [1.54, 1.807) is 0 Å². The van der Waals surface area contributed by atoms with Crippen molar-refractivity contribution in [2.75, 3.05) is 0 Å². The average Bonchev–Trinajstić information content (AvgIpc) is 2.49. The number of rotatable bonds is 4. The lowest BCUT2D eigenvalue weighted by Crippen LogP contribution is -2.22. The van der Waals surface area contributed by atoms with Gasteiger partial charge in [-0.1, -0.05) is 64.5 Å². The number of benzene rings is 2. The van der Waals surface area contributed by atoms with Crippen molar-refractivity contribution in [3.63, 3.8) is 0 Å². The molecule has 106 valence electrons. The Hall–Kier alpha value is -2.40. The van der Waals surface area contributed by atoms with Crippen molar-refractivity contribution in [3.8, 4) is 0 Å². The van der Waals surface area contributed by atoms with E-state index in [0.717, 1.165) is 15.6 Å². The van der Waals surface area contributed by atoms with Crippen molar-refractivity contribution in [1.82, 2.24) is 0 Å². The van der Waals surface area contributed by atoms with Crippen LogP contribution in [-0.4, -0.2) is 11.7 Å². The Kier molecular flexibility index (Phi) is 5.29. The van der Waals surface area contributed by atoms with Crippen LogP contribution in [0.5, 0.6) is 0 Å². The molecule has 21 heavy (non-hydrogen) atoms. The van der Waals surface area contributed by atoms with Crippen molar-refractivity contribution in [2.45, 2.75) is 0 Å². The Balaban J connectivity index is 2.33. The van der Waals surface area contributed by atoms with Gasteiger partial charge in [-0.15, -0.1) is 10.2 Å². The molecule has 0 aliphatic rings. The van der Waals surface area contributed by atoms with Gasteiger partial charge in [-0.05, 0) is 23.8 Å². The normalized spacial score (nSPS) is 11.6. The van der Waals surface area contributed by atoms with Gasteiger partial charge in [0, 0.05) is 10.0 Å². The molecule has 0 aromatic heterocycles. The zero-order valence-electron chi connectivity index (χ0n) is 11.3. The molecule has 0 bridgehead atoms. The third-order valence-electron chi connectivity index (χ3n) is 2.65. The lowest BCUT2D eigenvalue weighted by Gasteiger charge is -2.01. The topological polar surface area (TPSA) is 76.8 Å². The highest BCUT2D eigenvalue weighted by atomic mass is 79.9. The van der Waals surface area contributed by atoms with Crippen LogP contribution in [0, 0.1) is 0 Å². The number of hydrogen-bond donors (Lipinski definition) is 2. The molecule has 0 fully saturated rings. The van der Waals surface area contributed by atoms with Gasteiger partial charge in [-0.25, -0.2) is 0 Å². The highest BCUT2D eigenvalue weighted by Crippen LogP contribution is 2.13. The zero-order chi connectivity index (χ0) is 15.1. The summed E-state index contributed by atoms with van der Waals surface area (Å²) < 4.78 is 1.000. The van der Waals surface area contributed by atoms with Gasteiger partial charge in [0.1, 0.15) is 0 Å². The summed E-state index contributed by atoms with van der Waals surface area (Å²) in [4.78, 5) is 0. The van der Waals surface area contributed by atoms with Gasteiger partial charge in [0.05, 0.1) is 5.71 Å². The first kappa shape index (κ1) is 15.0. The molecule has 0 aliphatic carbocycles. The third kappa shape index (κ3) is 4.89. The Labute approximate surface area is 132 Å². The van der Waals surface area contributed by atoms with Crippen LogP contribution in [0.25, 0.3) is 6.08 Å². The van der Waals surface area contributed by atoms with Crippen molar-refractivity contribution in [2.24, 2.45) is 21.7 Å². The Morgan fingerprint density at radius 2 is 1.57 bits per heavy atom. The minimum absolute atomic E-state index is 0.0716. The smallest absolute Gasteiger partial charge is 0.211 e. The molecule has 0 amide bonds. The number of hydrogen-bond acceptors (Lipinski definition) is 2. The molecule has 4 nitrogen and oxygen atoms in total. The van der Waals surface area contributed by atoms with Gasteiger partial charge in [-0.3, -0.25) is 0 Å². The number of nitrogens with zero attached hydrogens (tertiary/aromatic N) is 2. The van der Waals surface area contributed by atoms with Crippen LogP contribution in [0.3, 0.4) is 0 Å². The SMILES string of the molecule is NC(N)=N/N=C(/C=C/c1ccccc1)c1ccc(Br)cc1. The monoisotopic (exact) mass is 342 g/mol. The van der Waals surface area contributed by atoms with Gasteiger partial charge < -0.3 is 11.5 Å². The lowest BCUT2D eigenvalue weighted by atomic mass is 10.1. The second-order valence-electron chi connectivity index (χ2n) is 4.26. The van der Waals surface area contributed by atoms with Crippen LogP contribution in [0.2, 0.25) is 0 Å².